The summed E-state index contributed by atoms with van der Waals surface area (Å²) in [5.41, 5.74) is 1.64. The lowest BCUT2D eigenvalue weighted by Gasteiger charge is -2.33. The molecule has 11 heteroatoms. The van der Waals surface area contributed by atoms with E-state index in [0.717, 1.165) is 16.1 Å². The maximum absolute atomic E-state index is 13.9. The summed E-state index contributed by atoms with van der Waals surface area (Å²) in [5, 5.41) is 3.36. The minimum Gasteiger partial charge on any atom is -0.497 e. The Kier molecular flexibility index (Phi) is 10.0. The van der Waals surface area contributed by atoms with Crippen LogP contribution in [0.1, 0.15) is 11.1 Å². The number of ether oxygens (including phenoxy) is 1. The van der Waals surface area contributed by atoms with Crippen LogP contribution in [0.2, 0.25) is 10.0 Å². The van der Waals surface area contributed by atoms with Gasteiger partial charge in [0.25, 0.3) is 0 Å². The van der Waals surface area contributed by atoms with Crippen LogP contribution >= 0.6 is 23.2 Å². The van der Waals surface area contributed by atoms with E-state index in [9.17, 15) is 18.0 Å². The molecule has 0 saturated carbocycles. The van der Waals surface area contributed by atoms with Crippen LogP contribution in [0.15, 0.2) is 72.8 Å². The summed E-state index contributed by atoms with van der Waals surface area (Å²) in [6.07, 6.45) is 1.22. The monoisotopic (exact) mass is 577 g/mol. The number of nitrogens with zero attached hydrogens (tertiary/aromatic N) is 2. The van der Waals surface area contributed by atoms with Crippen LogP contribution in [-0.4, -0.2) is 58.1 Å². The molecule has 1 unspecified atom stereocenters. The molecule has 0 spiro atoms. The number of halogens is 2. The molecule has 3 aromatic rings. The van der Waals surface area contributed by atoms with Crippen molar-refractivity contribution >= 4 is 50.7 Å². The SMILES string of the molecule is CNC(=O)C(Cc1ccccc1)N(Cc1ccc(Cl)cc1Cl)C(=O)CN(c1cccc(OC)c1)S(C)(=O)=O. The molecule has 0 bridgehead atoms. The van der Waals surface area contributed by atoms with Crippen LogP contribution < -0.4 is 14.4 Å². The number of carbonyl (C=O) groups excluding carboxylic acids is 2. The van der Waals surface area contributed by atoms with Crippen LogP contribution in [0.3, 0.4) is 0 Å². The molecular formula is C27H29Cl2N3O5S. The molecule has 3 aromatic carbocycles. The molecule has 1 N–H and O–H groups in total. The number of carbonyl (C=O) groups is 2. The highest BCUT2D eigenvalue weighted by Crippen LogP contribution is 2.26. The first-order chi connectivity index (χ1) is 18.0. The third kappa shape index (κ3) is 7.63. The topological polar surface area (TPSA) is 96.0 Å². The minimum atomic E-state index is -3.88. The van der Waals surface area contributed by atoms with Crippen LogP contribution in [-0.2, 0) is 32.6 Å². The van der Waals surface area contributed by atoms with E-state index in [4.69, 9.17) is 27.9 Å². The second kappa shape index (κ2) is 13.0. The van der Waals surface area contributed by atoms with Crippen LogP contribution in [0.5, 0.6) is 5.75 Å². The van der Waals surface area contributed by atoms with E-state index in [-0.39, 0.29) is 18.7 Å². The van der Waals surface area contributed by atoms with E-state index in [0.29, 0.717) is 21.4 Å². The Balaban J connectivity index is 2.05. The van der Waals surface area contributed by atoms with Gasteiger partial charge in [0.05, 0.1) is 19.1 Å². The van der Waals surface area contributed by atoms with E-state index in [1.165, 1.54) is 25.1 Å². The third-order valence-electron chi connectivity index (χ3n) is 5.89. The van der Waals surface area contributed by atoms with Gasteiger partial charge in [-0.2, -0.15) is 0 Å². The highest BCUT2D eigenvalue weighted by molar-refractivity contribution is 7.92. The lowest BCUT2D eigenvalue weighted by molar-refractivity contribution is -0.139. The molecule has 0 aliphatic heterocycles. The molecule has 0 saturated heterocycles. The van der Waals surface area contributed by atoms with Gasteiger partial charge in [-0.05, 0) is 35.4 Å². The van der Waals surface area contributed by atoms with Gasteiger partial charge in [-0.25, -0.2) is 8.42 Å². The maximum Gasteiger partial charge on any atom is 0.244 e. The first kappa shape index (κ1) is 29.3. The fourth-order valence-electron chi connectivity index (χ4n) is 3.93. The Morgan fingerprint density at radius 2 is 1.71 bits per heavy atom. The number of likely N-dealkylation sites (N-methyl/N-ethyl adjacent to an activating group) is 1. The highest BCUT2D eigenvalue weighted by atomic mass is 35.5. The molecule has 0 heterocycles. The Labute approximate surface area is 233 Å². The molecule has 2 amide bonds. The van der Waals surface area contributed by atoms with Gasteiger partial charge in [0.15, 0.2) is 0 Å². The van der Waals surface area contributed by atoms with Crippen LogP contribution in [0.4, 0.5) is 5.69 Å². The summed E-state index contributed by atoms with van der Waals surface area (Å²) in [5.74, 6) is -0.561. The Morgan fingerprint density at radius 1 is 1.00 bits per heavy atom. The van der Waals surface area contributed by atoms with Crippen molar-refractivity contribution in [2.75, 3.05) is 31.3 Å². The van der Waals surface area contributed by atoms with E-state index in [2.05, 4.69) is 5.32 Å². The van der Waals surface area contributed by atoms with Crippen molar-refractivity contribution in [3.05, 3.63) is 94.0 Å². The number of anilines is 1. The minimum absolute atomic E-state index is 0.0462. The fourth-order valence-corrected chi connectivity index (χ4v) is 5.24. The van der Waals surface area contributed by atoms with Crippen molar-refractivity contribution in [2.45, 2.75) is 19.0 Å². The first-order valence-electron chi connectivity index (χ1n) is 11.6. The van der Waals surface area contributed by atoms with Gasteiger partial charge in [0.1, 0.15) is 18.3 Å². The summed E-state index contributed by atoms with van der Waals surface area (Å²) in [4.78, 5) is 28.4. The number of hydrogen-bond donors (Lipinski definition) is 1. The maximum atomic E-state index is 13.9. The van der Waals surface area contributed by atoms with Crippen molar-refractivity contribution in [3.63, 3.8) is 0 Å². The molecule has 0 radical (unpaired) electrons. The van der Waals surface area contributed by atoms with Crippen molar-refractivity contribution in [2.24, 2.45) is 0 Å². The molecule has 3 rings (SSSR count). The Morgan fingerprint density at radius 3 is 2.32 bits per heavy atom. The number of benzene rings is 3. The zero-order valence-corrected chi connectivity index (χ0v) is 23.6. The molecule has 0 aliphatic rings. The Bertz CT molecular complexity index is 1390. The summed E-state index contributed by atoms with van der Waals surface area (Å²) >= 11 is 12.5. The third-order valence-corrected chi connectivity index (χ3v) is 7.62. The van der Waals surface area contributed by atoms with Crippen molar-refractivity contribution < 1.29 is 22.7 Å². The summed E-state index contributed by atoms with van der Waals surface area (Å²) in [6.45, 7) is -0.588. The summed E-state index contributed by atoms with van der Waals surface area (Å²) in [6, 6.07) is 19.5. The first-order valence-corrected chi connectivity index (χ1v) is 14.2. The van der Waals surface area contributed by atoms with Gasteiger partial charge < -0.3 is 15.0 Å². The van der Waals surface area contributed by atoms with Gasteiger partial charge in [-0.15, -0.1) is 0 Å². The van der Waals surface area contributed by atoms with Gasteiger partial charge in [0, 0.05) is 36.1 Å². The number of nitrogens with one attached hydrogen (secondary N) is 1. The average molecular weight is 579 g/mol. The zero-order valence-electron chi connectivity index (χ0n) is 21.2. The second-order valence-electron chi connectivity index (χ2n) is 8.55. The van der Waals surface area contributed by atoms with Crippen molar-refractivity contribution in [1.29, 1.82) is 0 Å². The number of hydrogen-bond acceptors (Lipinski definition) is 5. The molecule has 0 aromatic heterocycles. The smallest absolute Gasteiger partial charge is 0.244 e. The van der Waals surface area contributed by atoms with E-state index in [1.54, 1.807) is 36.4 Å². The summed E-state index contributed by atoms with van der Waals surface area (Å²) in [7, 11) is -0.936. The standard InChI is InChI=1S/C27H29Cl2N3O5S/c1-30-27(34)25(14-19-8-5-4-6-9-19)31(17-20-12-13-21(28)15-24(20)29)26(33)18-32(38(3,35)36)22-10-7-11-23(16-22)37-2/h4-13,15-16,25H,14,17-18H2,1-3H3,(H,30,34). The highest BCUT2D eigenvalue weighted by Gasteiger charge is 2.33. The average Bonchev–Trinajstić information content (AvgIpc) is 2.89. The van der Waals surface area contributed by atoms with Crippen LogP contribution in [0, 0.1) is 0 Å². The normalized spacial score (nSPS) is 11.9. The molecular weight excluding hydrogens is 549 g/mol. The van der Waals surface area contributed by atoms with E-state index < -0.39 is 34.4 Å². The fraction of sp³-hybridized carbons (Fsp3) is 0.259. The van der Waals surface area contributed by atoms with Gasteiger partial charge >= 0.3 is 0 Å². The zero-order chi connectivity index (χ0) is 27.9. The summed E-state index contributed by atoms with van der Waals surface area (Å²) < 4.78 is 31.8. The molecule has 1 atom stereocenters. The second-order valence-corrected chi connectivity index (χ2v) is 11.3. The van der Waals surface area contributed by atoms with Gasteiger partial charge in [-0.3, -0.25) is 13.9 Å². The quantitative estimate of drug-likeness (QED) is 0.369. The van der Waals surface area contributed by atoms with Crippen LogP contribution in [0.25, 0.3) is 0 Å². The number of sulfonamides is 1. The molecule has 0 fully saturated rings. The van der Waals surface area contributed by atoms with Crippen molar-refractivity contribution in [3.8, 4) is 5.75 Å². The predicted molar refractivity (Wildman–Crippen MR) is 150 cm³/mol. The molecule has 8 nitrogen and oxygen atoms in total. The number of rotatable bonds is 11. The van der Waals surface area contributed by atoms with Gasteiger partial charge in [-0.1, -0.05) is 65.7 Å². The van der Waals surface area contributed by atoms with E-state index >= 15 is 0 Å². The number of amides is 2. The number of methoxy groups -OCH3 is 1. The Hall–Kier alpha value is -3.27. The largest absolute Gasteiger partial charge is 0.497 e. The lowest BCUT2D eigenvalue weighted by atomic mass is 10.0. The predicted octanol–water partition coefficient (Wildman–Crippen LogP) is 4.15. The molecule has 202 valence electrons. The lowest BCUT2D eigenvalue weighted by Crippen LogP contribution is -2.52. The van der Waals surface area contributed by atoms with Gasteiger partial charge in [0.2, 0.25) is 21.8 Å². The van der Waals surface area contributed by atoms with Crippen molar-refractivity contribution in [1.82, 2.24) is 10.2 Å². The van der Waals surface area contributed by atoms with E-state index in [1.807, 2.05) is 30.3 Å². The molecule has 0 aliphatic carbocycles. The molecule has 38 heavy (non-hydrogen) atoms.